The molecule has 0 saturated carbocycles. The largest absolute Gasteiger partial charge is 0.382 e. The Kier molecular flexibility index (Phi) is 10.3. The van der Waals surface area contributed by atoms with Crippen LogP contribution < -0.4 is 10.2 Å². The van der Waals surface area contributed by atoms with Gasteiger partial charge in [0.05, 0.1) is 13.2 Å². The summed E-state index contributed by atoms with van der Waals surface area (Å²) in [5.41, 5.74) is 1.19. The zero-order valence-corrected chi connectivity index (χ0v) is 17.4. The van der Waals surface area contributed by atoms with Gasteiger partial charge in [0.15, 0.2) is 5.96 Å². The van der Waals surface area contributed by atoms with E-state index in [0.717, 1.165) is 69.7 Å². The number of hydrogen-bond donors (Lipinski definition) is 1. The van der Waals surface area contributed by atoms with Gasteiger partial charge in [0.2, 0.25) is 0 Å². The van der Waals surface area contributed by atoms with Gasteiger partial charge in [-0.05, 0) is 38.0 Å². The Morgan fingerprint density at radius 3 is 2.67 bits per heavy atom. The maximum atomic E-state index is 6.12. The highest BCUT2D eigenvalue weighted by Crippen LogP contribution is 2.20. The molecule has 152 valence electrons. The van der Waals surface area contributed by atoms with Crippen molar-refractivity contribution in [1.29, 1.82) is 0 Å². The van der Waals surface area contributed by atoms with Crippen molar-refractivity contribution in [2.45, 2.75) is 19.8 Å². The predicted molar refractivity (Wildman–Crippen MR) is 113 cm³/mol. The lowest BCUT2D eigenvalue weighted by atomic mass is 10.2. The number of methoxy groups -OCH3 is 1. The summed E-state index contributed by atoms with van der Waals surface area (Å²) in [5.74, 6) is 1.02. The van der Waals surface area contributed by atoms with Gasteiger partial charge in [-0.3, -0.25) is 4.99 Å². The van der Waals surface area contributed by atoms with E-state index in [4.69, 9.17) is 26.1 Å². The quantitative estimate of drug-likeness (QED) is 0.374. The molecule has 1 aliphatic heterocycles. The molecular weight excluding hydrogens is 364 g/mol. The first-order valence-electron chi connectivity index (χ1n) is 9.85. The highest BCUT2D eigenvalue weighted by Gasteiger charge is 2.19. The van der Waals surface area contributed by atoms with E-state index < -0.39 is 0 Å². The maximum absolute atomic E-state index is 6.12. The minimum Gasteiger partial charge on any atom is -0.382 e. The van der Waals surface area contributed by atoms with Gasteiger partial charge in [-0.2, -0.15) is 0 Å². The monoisotopic (exact) mass is 396 g/mol. The summed E-state index contributed by atoms with van der Waals surface area (Å²) in [6, 6.07) is 8.08. The predicted octanol–water partition coefficient (Wildman–Crippen LogP) is 2.87. The van der Waals surface area contributed by atoms with Gasteiger partial charge >= 0.3 is 0 Å². The van der Waals surface area contributed by atoms with Crippen molar-refractivity contribution in [1.82, 2.24) is 10.2 Å². The molecule has 1 saturated heterocycles. The fraction of sp³-hybridized carbons (Fsp3) is 0.650. The summed E-state index contributed by atoms with van der Waals surface area (Å²) in [5, 5.41) is 4.21. The van der Waals surface area contributed by atoms with Gasteiger partial charge in [0, 0.05) is 63.7 Å². The van der Waals surface area contributed by atoms with Gasteiger partial charge in [-0.25, -0.2) is 0 Å². The first-order valence-corrected chi connectivity index (χ1v) is 10.2. The number of guanidine groups is 1. The molecule has 0 spiro atoms. The minimum atomic E-state index is 0.657. The Bertz CT molecular complexity index is 563. The van der Waals surface area contributed by atoms with Crippen molar-refractivity contribution in [2.75, 3.05) is 71.1 Å². The maximum Gasteiger partial charge on any atom is 0.194 e. The molecule has 0 amide bonds. The van der Waals surface area contributed by atoms with Crippen LogP contribution in [0.15, 0.2) is 29.3 Å². The Balaban J connectivity index is 1.74. The third kappa shape index (κ3) is 7.95. The molecule has 27 heavy (non-hydrogen) atoms. The second kappa shape index (κ2) is 12.8. The summed E-state index contributed by atoms with van der Waals surface area (Å²) in [4.78, 5) is 9.52. The van der Waals surface area contributed by atoms with E-state index in [1.54, 1.807) is 7.11 Å². The molecule has 7 heteroatoms. The van der Waals surface area contributed by atoms with Crippen LogP contribution in [0.2, 0.25) is 5.02 Å². The summed E-state index contributed by atoms with van der Waals surface area (Å²) in [6.45, 7) is 9.77. The van der Waals surface area contributed by atoms with Crippen molar-refractivity contribution in [2.24, 2.45) is 4.99 Å². The molecule has 2 rings (SSSR count). The second-order valence-corrected chi connectivity index (χ2v) is 6.94. The van der Waals surface area contributed by atoms with Crippen molar-refractivity contribution in [3.8, 4) is 0 Å². The lowest BCUT2D eigenvalue weighted by molar-refractivity contribution is 0.0690. The molecule has 1 aromatic carbocycles. The normalized spacial score (nSPS) is 15.3. The van der Waals surface area contributed by atoms with Gasteiger partial charge in [-0.1, -0.05) is 17.7 Å². The second-order valence-electron chi connectivity index (χ2n) is 6.50. The molecule has 0 radical (unpaired) electrons. The van der Waals surface area contributed by atoms with Crippen LogP contribution in [0, 0.1) is 0 Å². The number of ether oxygens (including phenoxy) is 2. The Labute approximate surface area is 168 Å². The number of halogens is 1. The molecule has 0 bridgehead atoms. The van der Waals surface area contributed by atoms with Crippen molar-refractivity contribution >= 4 is 23.2 Å². The fourth-order valence-corrected chi connectivity index (χ4v) is 3.20. The average Bonchev–Trinajstić information content (AvgIpc) is 2.69. The van der Waals surface area contributed by atoms with Gasteiger partial charge in [-0.15, -0.1) is 0 Å². The number of piperazine rings is 1. The molecule has 1 heterocycles. The summed E-state index contributed by atoms with van der Waals surface area (Å²) in [6.07, 6.45) is 2.06. The zero-order valence-electron chi connectivity index (χ0n) is 16.6. The fourth-order valence-electron chi connectivity index (χ4n) is 3.02. The van der Waals surface area contributed by atoms with E-state index in [-0.39, 0.29) is 0 Å². The first-order chi connectivity index (χ1) is 13.2. The highest BCUT2D eigenvalue weighted by atomic mass is 35.5. The number of rotatable bonds is 10. The smallest absolute Gasteiger partial charge is 0.194 e. The van der Waals surface area contributed by atoms with E-state index in [9.17, 15) is 0 Å². The standard InChI is InChI=1S/C20H33ClN4O2/c1-3-22-20(23-9-4-5-14-27-16-15-26-2)25-12-10-24(11-13-25)19-8-6-7-18(21)17-19/h6-8,17H,3-5,9-16H2,1-2H3,(H,22,23). The SMILES string of the molecule is CCNC(=NCCCCOCCOC)N1CCN(c2cccc(Cl)c2)CC1. The van der Waals surface area contributed by atoms with E-state index in [1.807, 2.05) is 18.2 Å². The molecule has 0 aliphatic carbocycles. The average molecular weight is 397 g/mol. The summed E-state index contributed by atoms with van der Waals surface area (Å²) >= 11 is 6.12. The molecule has 6 nitrogen and oxygen atoms in total. The molecule has 1 N–H and O–H groups in total. The number of nitrogens with one attached hydrogen (secondary N) is 1. The number of hydrogen-bond acceptors (Lipinski definition) is 4. The number of benzene rings is 1. The molecule has 1 aromatic rings. The van der Waals surface area contributed by atoms with Crippen LogP contribution in [0.25, 0.3) is 0 Å². The van der Waals surface area contributed by atoms with Gasteiger partial charge in [0.1, 0.15) is 0 Å². The first kappa shape index (κ1) is 21.8. The van der Waals surface area contributed by atoms with Crippen molar-refractivity contribution < 1.29 is 9.47 Å². The number of unbranched alkanes of at least 4 members (excludes halogenated alkanes) is 1. The van der Waals surface area contributed by atoms with E-state index in [0.29, 0.717) is 13.2 Å². The van der Waals surface area contributed by atoms with E-state index in [2.05, 4.69) is 28.1 Å². The van der Waals surface area contributed by atoms with Gasteiger partial charge in [0.25, 0.3) is 0 Å². The van der Waals surface area contributed by atoms with Crippen LogP contribution in [0.3, 0.4) is 0 Å². The van der Waals surface area contributed by atoms with Crippen LogP contribution in [0.5, 0.6) is 0 Å². The number of aliphatic imine (C=N–C) groups is 1. The zero-order chi connectivity index (χ0) is 19.3. The minimum absolute atomic E-state index is 0.657. The molecule has 0 aromatic heterocycles. The number of anilines is 1. The Morgan fingerprint density at radius 1 is 1.15 bits per heavy atom. The Morgan fingerprint density at radius 2 is 1.96 bits per heavy atom. The third-order valence-electron chi connectivity index (χ3n) is 4.48. The molecular formula is C20H33ClN4O2. The highest BCUT2D eigenvalue weighted by molar-refractivity contribution is 6.30. The van der Waals surface area contributed by atoms with Crippen LogP contribution in [0.1, 0.15) is 19.8 Å². The van der Waals surface area contributed by atoms with Crippen LogP contribution >= 0.6 is 11.6 Å². The molecule has 1 aliphatic rings. The lowest BCUT2D eigenvalue weighted by Gasteiger charge is -2.37. The lowest BCUT2D eigenvalue weighted by Crippen LogP contribution is -2.52. The number of nitrogens with zero attached hydrogens (tertiary/aromatic N) is 3. The van der Waals surface area contributed by atoms with Crippen LogP contribution in [-0.4, -0.2) is 77.1 Å². The van der Waals surface area contributed by atoms with Gasteiger partial charge < -0.3 is 24.6 Å². The summed E-state index contributed by atoms with van der Waals surface area (Å²) in [7, 11) is 1.69. The Hall–Kier alpha value is -1.50. The third-order valence-corrected chi connectivity index (χ3v) is 4.71. The van der Waals surface area contributed by atoms with Crippen LogP contribution in [-0.2, 0) is 9.47 Å². The molecule has 1 fully saturated rings. The van der Waals surface area contributed by atoms with Crippen molar-refractivity contribution in [3.05, 3.63) is 29.3 Å². The van der Waals surface area contributed by atoms with E-state index >= 15 is 0 Å². The molecule has 0 atom stereocenters. The van der Waals surface area contributed by atoms with E-state index in [1.165, 1.54) is 5.69 Å². The van der Waals surface area contributed by atoms with Crippen molar-refractivity contribution in [3.63, 3.8) is 0 Å². The van der Waals surface area contributed by atoms with Crippen LogP contribution in [0.4, 0.5) is 5.69 Å². The summed E-state index contributed by atoms with van der Waals surface area (Å²) < 4.78 is 10.5. The topological polar surface area (TPSA) is 49.3 Å². The molecule has 0 unspecified atom stereocenters.